The van der Waals surface area contributed by atoms with Crippen LogP contribution in [-0.4, -0.2) is 116 Å². The highest BCUT2D eigenvalue weighted by molar-refractivity contribution is 5.02. The van der Waals surface area contributed by atoms with Gasteiger partial charge in [0.15, 0.2) is 12.6 Å². The monoisotopic (exact) mass is 464 g/mol. The molecule has 3 rings (SSSR count). The van der Waals surface area contributed by atoms with E-state index in [-0.39, 0.29) is 19.3 Å². The first kappa shape index (κ1) is 25.9. The zero-order valence-electron chi connectivity index (χ0n) is 18.6. The molecule has 0 saturated carbocycles. The van der Waals surface area contributed by atoms with Crippen molar-refractivity contribution in [2.24, 2.45) is 0 Å². The summed E-state index contributed by atoms with van der Waals surface area (Å²) in [6.07, 6.45) is -9.65. The molecule has 0 unspecified atom stereocenters. The van der Waals surface area contributed by atoms with Crippen molar-refractivity contribution >= 4 is 0 Å². The second kappa shape index (κ2) is 9.88. The summed E-state index contributed by atoms with van der Waals surface area (Å²) in [5.41, 5.74) is -1.38. The van der Waals surface area contributed by atoms with Gasteiger partial charge in [0.2, 0.25) is 0 Å². The average molecular weight is 465 g/mol. The summed E-state index contributed by atoms with van der Waals surface area (Å²) in [6.45, 7) is 8.70. The third-order valence-corrected chi connectivity index (χ3v) is 6.49. The minimum Gasteiger partial charge on any atom is -0.388 e. The van der Waals surface area contributed by atoms with Crippen molar-refractivity contribution in [3.63, 3.8) is 0 Å². The molecule has 0 aliphatic carbocycles. The fraction of sp³-hybridized carbons (Fsp3) is 0.905. The predicted octanol–water partition coefficient (Wildman–Crippen LogP) is -1.83. The standard InChI is InChI=1S/C21H36O11/c1-5-21(4)7-6-12(31-21)20(2,3)32-19-17(27)15(25)14(24)11(30-19)9-29-18-16(26)13(23)10(22)8-28-18/h5,10-19,22-27H,1,6-9H2,2-4H3/t10-,11-,12-,13+,14-,15+,16-,17-,18+,19+,21-/m1/s1. The second-order valence-electron chi connectivity index (χ2n) is 9.48. The first-order valence-electron chi connectivity index (χ1n) is 10.8. The molecule has 3 aliphatic heterocycles. The van der Waals surface area contributed by atoms with Crippen LogP contribution in [0.15, 0.2) is 12.7 Å². The molecule has 0 aromatic rings. The van der Waals surface area contributed by atoms with Crippen molar-refractivity contribution in [1.82, 2.24) is 0 Å². The van der Waals surface area contributed by atoms with Gasteiger partial charge in [0.1, 0.15) is 42.7 Å². The SMILES string of the molecule is C=C[C@]1(C)CC[C@H](C(C)(C)O[C@@H]2O[C@H](CO[C@@H]3OC[C@@H](O)[C@H](O)[C@H]3O)[C@@H](O)[C@H](O)[C@H]2O)O1. The van der Waals surface area contributed by atoms with Gasteiger partial charge < -0.3 is 54.3 Å². The van der Waals surface area contributed by atoms with E-state index in [4.69, 9.17) is 23.7 Å². The Balaban J connectivity index is 1.62. The Morgan fingerprint density at radius 2 is 1.66 bits per heavy atom. The highest BCUT2D eigenvalue weighted by Crippen LogP contribution is 2.39. The van der Waals surface area contributed by atoms with E-state index in [1.54, 1.807) is 19.9 Å². The first-order chi connectivity index (χ1) is 14.9. The van der Waals surface area contributed by atoms with Crippen molar-refractivity contribution < 1.29 is 54.3 Å². The Hall–Kier alpha value is -0.700. The van der Waals surface area contributed by atoms with E-state index >= 15 is 0 Å². The van der Waals surface area contributed by atoms with Crippen LogP contribution in [0.4, 0.5) is 0 Å². The topological polar surface area (TPSA) is 168 Å². The third-order valence-electron chi connectivity index (χ3n) is 6.49. The van der Waals surface area contributed by atoms with Gasteiger partial charge in [-0.3, -0.25) is 0 Å². The van der Waals surface area contributed by atoms with Crippen LogP contribution in [0.1, 0.15) is 33.6 Å². The minimum absolute atomic E-state index is 0.247. The maximum absolute atomic E-state index is 10.4. The van der Waals surface area contributed by atoms with E-state index in [1.807, 2.05) is 6.92 Å². The summed E-state index contributed by atoms with van der Waals surface area (Å²) in [6, 6.07) is 0. The summed E-state index contributed by atoms with van der Waals surface area (Å²) < 4.78 is 28.3. The molecule has 3 heterocycles. The molecule has 0 aromatic heterocycles. The molecule has 0 bridgehead atoms. The fourth-order valence-electron chi connectivity index (χ4n) is 4.14. The quantitative estimate of drug-likeness (QED) is 0.234. The number of hydrogen-bond donors (Lipinski definition) is 6. The number of hydrogen-bond acceptors (Lipinski definition) is 11. The minimum atomic E-state index is -1.58. The Bertz CT molecular complexity index is 645. The molecular formula is C21H36O11. The molecule has 11 atom stereocenters. The molecule has 11 heteroatoms. The molecule has 0 spiro atoms. The molecule has 32 heavy (non-hydrogen) atoms. The van der Waals surface area contributed by atoms with Gasteiger partial charge in [0.25, 0.3) is 0 Å². The maximum Gasteiger partial charge on any atom is 0.187 e. The number of ether oxygens (including phenoxy) is 5. The van der Waals surface area contributed by atoms with E-state index < -0.39 is 66.5 Å². The smallest absolute Gasteiger partial charge is 0.187 e. The summed E-state index contributed by atoms with van der Waals surface area (Å²) >= 11 is 0. The van der Waals surface area contributed by atoms with Crippen molar-refractivity contribution in [3.05, 3.63) is 12.7 Å². The first-order valence-corrected chi connectivity index (χ1v) is 10.8. The van der Waals surface area contributed by atoms with E-state index in [1.165, 1.54) is 0 Å². The summed E-state index contributed by atoms with van der Waals surface area (Å²) in [5, 5.41) is 60.3. The maximum atomic E-state index is 10.4. The fourth-order valence-corrected chi connectivity index (χ4v) is 4.14. The van der Waals surface area contributed by atoms with Crippen molar-refractivity contribution in [1.29, 1.82) is 0 Å². The summed E-state index contributed by atoms with van der Waals surface area (Å²) in [4.78, 5) is 0. The van der Waals surface area contributed by atoms with Gasteiger partial charge in [0.05, 0.1) is 30.5 Å². The van der Waals surface area contributed by atoms with Crippen LogP contribution >= 0.6 is 0 Å². The van der Waals surface area contributed by atoms with Crippen LogP contribution in [-0.2, 0) is 23.7 Å². The van der Waals surface area contributed by atoms with Crippen LogP contribution in [0.25, 0.3) is 0 Å². The van der Waals surface area contributed by atoms with Crippen molar-refractivity contribution in [2.75, 3.05) is 13.2 Å². The van der Waals surface area contributed by atoms with E-state index in [0.717, 1.165) is 6.42 Å². The molecule has 3 saturated heterocycles. The van der Waals surface area contributed by atoms with Crippen LogP contribution < -0.4 is 0 Å². The van der Waals surface area contributed by atoms with Crippen LogP contribution in [0.5, 0.6) is 0 Å². The highest BCUT2D eigenvalue weighted by atomic mass is 16.7. The number of rotatable bonds is 7. The van der Waals surface area contributed by atoms with Gasteiger partial charge in [-0.1, -0.05) is 6.08 Å². The van der Waals surface area contributed by atoms with Gasteiger partial charge in [-0.15, -0.1) is 6.58 Å². The second-order valence-corrected chi connectivity index (χ2v) is 9.48. The van der Waals surface area contributed by atoms with E-state index in [0.29, 0.717) is 6.42 Å². The Kier molecular flexibility index (Phi) is 8.00. The lowest BCUT2D eigenvalue weighted by Gasteiger charge is -2.44. The van der Waals surface area contributed by atoms with Crippen LogP contribution in [0.3, 0.4) is 0 Å². The molecule has 6 N–H and O–H groups in total. The van der Waals surface area contributed by atoms with Crippen molar-refractivity contribution in [3.8, 4) is 0 Å². The molecular weight excluding hydrogens is 428 g/mol. The van der Waals surface area contributed by atoms with Gasteiger partial charge >= 0.3 is 0 Å². The van der Waals surface area contributed by atoms with Gasteiger partial charge in [-0.05, 0) is 33.6 Å². The Labute approximate surface area is 187 Å². The van der Waals surface area contributed by atoms with Crippen LogP contribution in [0.2, 0.25) is 0 Å². The molecule has 3 aliphatic rings. The van der Waals surface area contributed by atoms with Gasteiger partial charge in [-0.25, -0.2) is 0 Å². The zero-order chi connectivity index (χ0) is 23.8. The Morgan fingerprint density at radius 1 is 1.00 bits per heavy atom. The predicted molar refractivity (Wildman–Crippen MR) is 108 cm³/mol. The summed E-state index contributed by atoms with van der Waals surface area (Å²) in [7, 11) is 0. The largest absolute Gasteiger partial charge is 0.388 e. The van der Waals surface area contributed by atoms with Crippen molar-refractivity contribution in [2.45, 2.75) is 106 Å². The lowest BCUT2D eigenvalue weighted by molar-refractivity contribution is -0.343. The lowest BCUT2D eigenvalue weighted by Crippen LogP contribution is -2.62. The lowest BCUT2D eigenvalue weighted by atomic mass is 9.95. The molecule has 0 aromatic carbocycles. The normalized spacial score (nSPS) is 48.0. The average Bonchev–Trinajstić information content (AvgIpc) is 3.16. The summed E-state index contributed by atoms with van der Waals surface area (Å²) in [5.74, 6) is 0. The number of aliphatic hydroxyl groups is 6. The molecule has 186 valence electrons. The highest BCUT2D eigenvalue weighted by Gasteiger charge is 2.50. The zero-order valence-corrected chi connectivity index (χ0v) is 18.6. The molecule has 0 amide bonds. The number of aliphatic hydroxyl groups excluding tert-OH is 6. The molecule has 3 fully saturated rings. The molecule has 0 radical (unpaired) electrons. The van der Waals surface area contributed by atoms with E-state index in [9.17, 15) is 30.6 Å². The van der Waals surface area contributed by atoms with Gasteiger partial charge in [0, 0.05) is 0 Å². The van der Waals surface area contributed by atoms with Crippen LogP contribution in [0, 0.1) is 0 Å². The molecule has 11 nitrogen and oxygen atoms in total. The Morgan fingerprint density at radius 3 is 2.28 bits per heavy atom. The van der Waals surface area contributed by atoms with E-state index in [2.05, 4.69) is 6.58 Å². The van der Waals surface area contributed by atoms with Gasteiger partial charge in [-0.2, -0.15) is 0 Å². The third kappa shape index (κ3) is 5.34.